The molecule has 1 spiro atoms. The highest BCUT2D eigenvalue weighted by Gasteiger charge is 2.50. The van der Waals surface area contributed by atoms with Gasteiger partial charge in [0.05, 0.1) is 49.1 Å². The summed E-state index contributed by atoms with van der Waals surface area (Å²) in [5.74, 6) is 5.99. The van der Waals surface area contributed by atoms with Crippen LogP contribution in [0.4, 0.5) is 24.5 Å². The molecule has 9 nitrogen and oxygen atoms in total. The number of fused-ring (bicyclic) bond motifs is 1. The number of carbonyl (C=O) groups excluding carboxylic acids is 1. The maximum absolute atomic E-state index is 13.7. The van der Waals surface area contributed by atoms with Crippen molar-refractivity contribution >= 4 is 28.2 Å². The topological polar surface area (TPSA) is 104 Å². The Kier molecular flexibility index (Phi) is 9.53. The average molecular weight is 649 g/mol. The van der Waals surface area contributed by atoms with Gasteiger partial charge < -0.3 is 30.0 Å². The molecule has 1 amide bonds. The molecule has 1 aromatic heterocycles. The molecular formula is C35H39F3N6O3. The van der Waals surface area contributed by atoms with Gasteiger partial charge in [-0.1, -0.05) is 12.0 Å². The fourth-order valence-electron chi connectivity index (χ4n) is 6.87. The normalized spacial score (nSPS) is 20.3. The van der Waals surface area contributed by atoms with Crippen molar-refractivity contribution in [1.29, 1.82) is 5.26 Å². The number of hydrogen-bond donors (Lipinski definition) is 3. The Labute approximate surface area is 272 Å². The minimum Gasteiger partial charge on any atom is -0.490 e. The summed E-state index contributed by atoms with van der Waals surface area (Å²) in [5, 5.41) is 18.9. The van der Waals surface area contributed by atoms with E-state index in [0.29, 0.717) is 39.4 Å². The van der Waals surface area contributed by atoms with E-state index in [4.69, 9.17) is 14.7 Å². The molecule has 0 unspecified atom stereocenters. The third-order valence-corrected chi connectivity index (χ3v) is 9.28. The number of benzene rings is 2. The minimum absolute atomic E-state index is 0.112. The number of nitriles is 1. The average Bonchev–Trinajstić information content (AvgIpc) is 3.35. The summed E-state index contributed by atoms with van der Waals surface area (Å²) in [6.45, 7) is 3.12. The first-order valence-corrected chi connectivity index (χ1v) is 16.0. The molecule has 1 aliphatic carbocycles. The van der Waals surface area contributed by atoms with Gasteiger partial charge in [0.2, 0.25) is 0 Å². The Morgan fingerprint density at radius 1 is 1.11 bits per heavy atom. The Morgan fingerprint density at radius 3 is 2.57 bits per heavy atom. The summed E-state index contributed by atoms with van der Waals surface area (Å²) in [7, 11) is 1.52. The van der Waals surface area contributed by atoms with Crippen LogP contribution in [0.15, 0.2) is 42.5 Å². The van der Waals surface area contributed by atoms with Gasteiger partial charge in [-0.2, -0.15) is 18.4 Å². The van der Waals surface area contributed by atoms with Gasteiger partial charge in [0.25, 0.3) is 5.91 Å². The molecule has 12 heteroatoms. The molecule has 3 fully saturated rings. The molecule has 47 heavy (non-hydrogen) atoms. The van der Waals surface area contributed by atoms with Crippen LogP contribution in [0.25, 0.3) is 10.9 Å². The Hall–Kier alpha value is -4.39. The van der Waals surface area contributed by atoms with Gasteiger partial charge in [-0.3, -0.25) is 9.69 Å². The lowest BCUT2D eigenvalue weighted by Gasteiger charge is -2.58. The maximum atomic E-state index is 13.7. The van der Waals surface area contributed by atoms with E-state index in [0.717, 1.165) is 57.7 Å². The second-order valence-electron chi connectivity index (χ2n) is 12.7. The number of nitrogens with one attached hydrogen (secondary N) is 3. The SMILES string of the molecule is CNC(=O)c1ccc(NCC#Cc2cc3c(N[C@H]4CC[C@H](N5CC6(COC6)C5)CC4)cccc3n2CC(F)(F)F)c(OCCC#N)c1. The molecule has 0 bridgehead atoms. The lowest BCUT2D eigenvalue weighted by atomic mass is 9.75. The standard InChI is InChI=1S/C35H39F3N6O3/c1-40-33(45)24-8-13-30(32(17-24)47-16-4-14-39)41-15-3-5-27-18-28-29(6-2-7-31(28)44(27)21-35(36,37)38)42-25-9-11-26(12-10-25)43-19-34(20-43)22-46-23-34/h2,6-8,13,17-18,25-26,41-42H,4,9-12,15-16,19-23H2,1H3,(H,40,45)/t25-,26-. The second-order valence-corrected chi connectivity index (χ2v) is 12.7. The van der Waals surface area contributed by atoms with Crippen molar-refractivity contribution in [3.8, 4) is 23.7 Å². The highest BCUT2D eigenvalue weighted by molar-refractivity contribution is 5.95. The molecular weight excluding hydrogens is 609 g/mol. The van der Waals surface area contributed by atoms with Gasteiger partial charge in [-0.15, -0.1) is 0 Å². The number of anilines is 2. The Balaban J connectivity index is 1.15. The number of rotatable bonds is 10. The molecule has 248 valence electrons. The summed E-state index contributed by atoms with van der Waals surface area (Å²) in [6, 6.07) is 14.9. The van der Waals surface area contributed by atoms with Gasteiger partial charge >= 0.3 is 6.18 Å². The molecule has 2 aliphatic heterocycles. The highest BCUT2D eigenvalue weighted by atomic mass is 19.4. The summed E-state index contributed by atoms with van der Waals surface area (Å²) in [6.07, 6.45) is -0.0394. The minimum atomic E-state index is -4.42. The Bertz CT molecular complexity index is 1700. The first kappa shape index (κ1) is 32.5. The van der Waals surface area contributed by atoms with E-state index in [9.17, 15) is 18.0 Å². The van der Waals surface area contributed by atoms with E-state index in [1.165, 1.54) is 11.6 Å². The second kappa shape index (κ2) is 13.8. The van der Waals surface area contributed by atoms with Crippen molar-refractivity contribution < 1.29 is 27.4 Å². The van der Waals surface area contributed by atoms with Crippen molar-refractivity contribution in [3.05, 3.63) is 53.7 Å². The molecule has 3 aromatic rings. The van der Waals surface area contributed by atoms with Crippen LogP contribution in [0.2, 0.25) is 0 Å². The maximum Gasteiger partial charge on any atom is 0.406 e. The van der Waals surface area contributed by atoms with E-state index in [-0.39, 0.29) is 37.2 Å². The first-order valence-electron chi connectivity index (χ1n) is 16.0. The van der Waals surface area contributed by atoms with Gasteiger partial charge in [0.1, 0.15) is 18.9 Å². The number of halogens is 3. The number of amides is 1. The molecule has 3 N–H and O–H groups in total. The quantitative estimate of drug-likeness (QED) is 0.201. The summed E-state index contributed by atoms with van der Waals surface area (Å²) >= 11 is 0. The number of ether oxygens (including phenoxy) is 2. The van der Waals surface area contributed by atoms with Crippen LogP contribution in [0.1, 0.15) is 48.2 Å². The largest absolute Gasteiger partial charge is 0.490 e. The number of likely N-dealkylation sites (tertiary alicyclic amines) is 1. The summed E-state index contributed by atoms with van der Waals surface area (Å²) in [5.41, 5.74) is 2.90. The third-order valence-electron chi connectivity index (χ3n) is 9.28. The molecule has 3 heterocycles. The smallest absolute Gasteiger partial charge is 0.406 e. The van der Waals surface area contributed by atoms with Gasteiger partial charge in [-0.05, 0) is 68.0 Å². The number of aromatic nitrogens is 1. The third kappa shape index (κ3) is 7.45. The van der Waals surface area contributed by atoms with Crippen molar-refractivity contribution in [2.24, 2.45) is 5.41 Å². The lowest BCUT2D eigenvalue weighted by molar-refractivity contribution is -0.200. The van der Waals surface area contributed by atoms with Crippen molar-refractivity contribution in [1.82, 2.24) is 14.8 Å². The highest BCUT2D eigenvalue weighted by Crippen LogP contribution is 2.41. The fraction of sp³-hybridized carbons (Fsp3) is 0.486. The fourth-order valence-corrected chi connectivity index (χ4v) is 6.87. The summed E-state index contributed by atoms with van der Waals surface area (Å²) < 4.78 is 53.6. The number of alkyl halides is 3. The zero-order valence-corrected chi connectivity index (χ0v) is 26.4. The zero-order chi connectivity index (χ0) is 33.0. The molecule has 2 aromatic carbocycles. The van der Waals surface area contributed by atoms with Crippen molar-refractivity contribution in [3.63, 3.8) is 0 Å². The Morgan fingerprint density at radius 2 is 1.89 bits per heavy atom. The van der Waals surface area contributed by atoms with Crippen LogP contribution in [0.3, 0.4) is 0 Å². The molecule has 0 atom stereocenters. The molecule has 3 aliphatic rings. The molecule has 1 saturated carbocycles. The van der Waals surface area contributed by atoms with Crippen LogP contribution < -0.4 is 20.7 Å². The van der Waals surface area contributed by atoms with Crippen molar-refractivity contribution in [2.75, 3.05) is 57.1 Å². The van der Waals surface area contributed by atoms with E-state index >= 15 is 0 Å². The van der Waals surface area contributed by atoms with Crippen LogP contribution in [-0.4, -0.2) is 80.1 Å². The molecule has 2 saturated heterocycles. The van der Waals surface area contributed by atoms with Crippen molar-refractivity contribution in [2.45, 2.75) is 56.9 Å². The van der Waals surface area contributed by atoms with Gasteiger partial charge in [0, 0.05) is 54.3 Å². The summed E-state index contributed by atoms with van der Waals surface area (Å²) in [4.78, 5) is 14.7. The van der Waals surface area contributed by atoms with E-state index in [1.54, 1.807) is 36.4 Å². The monoisotopic (exact) mass is 648 g/mol. The number of carbonyl (C=O) groups is 1. The lowest BCUT2D eigenvalue weighted by Crippen LogP contribution is -2.68. The molecule has 6 rings (SSSR count). The first-order chi connectivity index (χ1) is 22.7. The molecule has 0 radical (unpaired) electrons. The number of nitrogens with zero attached hydrogens (tertiary/aromatic N) is 3. The van der Waals surface area contributed by atoms with E-state index < -0.39 is 12.7 Å². The van der Waals surface area contributed by atoms with E-state index in [1.807, 2.05) is 12.1 Å². The number of hydrogen-bond acceptors (Lipinski definition) is 7. The van der Waals surface area contributed by atoms with Gasteiger partial charge in [-0.25, -0.2) is 0 Å². The van der Waals surface area contributed by atoms with Crippen LogP contribution >= 0.6 is 0 Å². The predicted molar refractivity (Wildman–Crippen MR) is 173 cm³/mol. The van der Waals surface area contributed by atoms with Crippen LogP contribution in [-0.2, 0) is 11.3 Å². The van der Waals surface area contributed by atoms with Crippen LogP contribution in [0.5, 0.6) is 5.75 Å². The zero-order valence-electron chi connectivity index (χ0n) is 26.4. The van der Waals surface area contributed by atoms with Gasteiger partial charge in [0.15, 0.2) is 0 Å². The van der Waals surface area contributed by atoms with E-state index in [2.05, 4.69) is 32.7 Å². The van der Waals surface area contributed by atoms with Crippen LogP contribution in [0, 0.1) is 28.6 Å². The predicted octanol–water partition coefficient (Wildman–Crippen LogP) is 5.37.